The van der Waals surface area contributed by atoms with Gasteiger partial charge in [0.1, 0.15) is 17.4 Å². The van der Waals surface area contributed by atoms with Gasteiger partial charge in [-0.25, -0.2) is 4.98 Å². The third-order valence-corrected chi connectivity index (χ3v) is 4.32. The minimum Gasteiger partial charge on any atom is -0.485 e. The molecule has 0 bridgehead atoms. The first-order valence-corrected chi connectivity index (χ1v) is 8.39. The van der Waals surface area contributed by atoms with Crippen LogP contribution < -0.4 is 14.4 Å². The Hall–Kier alpha value is -2.76. The van der Waals surface area contributed by atoms with Crippen LogP contribution in [0.25, 0.3) is 0 Å². The average Bonchev–Trinajstić information content (AvgIpc) is 2.66. The number of pyridine rings is 1. The third-order valence-electron chi connectivity index (χ3n) is 4.32. The number of aromatic nitrogens is 1. The number of benzene rings is 1. The van der Waals surface area contributed by atoms with Gasteiger partial charge in [-0.05, 0) is 31.2 Å². The predicted octanol–water partition coefficient (Wildman–Crippen LogP) is 2.45. The molecule has 2 aromatic rings. The van der Waals surface area contributed by atoms with Crippen LogP contribution in [0.4, 0.5) is 5.69 Å². The lowest BCUT2D eigenvalue weighted by atomic mass is 10.1. The zero-order valence-corrected chi connectivity index (χ0v) is 14.8. The Bertz CT molecular complexity index is 750. The maximum Gasteiger partial charge on any atom is 0.259 e. The fraction of sp³-hybridized carbons (Fsp3) is 0.368. The molecule has 0 saturated heterocycles. The van der Waals surface area contributed by atoms with Crippen molar-refractivity contribution in [2.24, 2.45) is 0 Å². The molecule has 0 fully saturated rings. The molecule has 0 N–H and O–H groups in total. The van der Waals surface area contributed by atoms with E-state index < -0.39 is 0 Å². The smallest absolute Gasteiger partial charge is 0.259 e. The van der Waals surface area contributed by atoms with Crippen LogP contribution in [0.5, 0.6) is 11.6 Å². The van der Waals surface area contributed by atoms with Gasteiger partial charge in [0.25, 0.3) is 5.91 Å². The fourth-order valence-corrected chi connectivity index (χ4v) is 3.08. The van der Waals surface area contributed by atoms with E-state index in [-0.39, 0.29) is 12.0 Å². The van der Waals surface area contributed by atoms with Gasteiger partial charge < -0.3 is 19.3 Å². The minimum atomic E-state index is -0.129. The van der Waals surface area contributed by atoms with Gasteiger partial charge in [-0.1, -0.05) is 12.1 Å². The quantitative estimate of drug-likeness (QED) is 0.836. The van der Waals surface area contributed by atoms with E-state index in [1.807, 2.05) is 18.2 Å². The number of hydrogen-bond acceptors (Lipinski definition) is 5. The van der Waals surface area contributed by atoms with Crippen molar-refractivity contribution in [1.29, 1.82) is 0 Å². The largest absolute Gasteiger partial charge is 0.485 e. The van der Waals surface area contributed by atoms with Crippen LogP contribution >= 0.6 is 0 Å². The van der Waals surface area contributed by atoms with Crippen molar-refractivity contribution in [2.75, 3.05) is 38.7 Å². The summed E-state index contributed by atoms with van der Waals surface area (Å²) in [5, 5.41) is 0. The Kier molecular flexibility index (Phi) is 5.07. The monoisotopic (exact) mass is 341 g/mol. The molecule has 1 aromatic heterocycles. The van der Waals surface area contributed by atoms with Crippen LogP contribution in [0.2, 0.25) is 0 Å². The Balaban J connectivity index is 1.73. The Morgan fingerprint density at radius 3 is 2.92 bits per heavy atom. The highest BCUT2D eigenvalue weighted by atomic mass is 16.5. The second-order valence-electron chi connectivity index (χ2n) is 5.99. The molecule has 2 heterocycles. The molecule has 0 spiro atoms. The molecule has 1 atom stereocenters. The Morgan fingerprint density at radius 2 is 2.16 bits per heavy atom. The van der Waals surface area contributed by atoms with Crippen LogP contribution in [0.1, 0.15) is 17.3 Å². The Labute approximate surface area is 148 Å². The molecule has 0 aliphatic carbocycles. The number of nitrogens with zero attached hydrogens (tertiary/aromatic N) is 3. The first kappa shape index (κ1) is 17.1. The SMILES string of the molecule is CCN1C[C@H](CN(C)C(=O)c2cccnc2OC)Oc2ccccc21. The number of fused-ring (bicyclic) bond motifs is 1. The topological polar surface area (TPSA) is 54.9 Å². The molecule has 1 aliphatic rings. The van der Waals surface area contributed by atoms with Crippen molar-refractivity contribution in [2.45, 2.75) is 13.0 Å². The lowest BCUT2D eigenvalue weighted by Crippen LogP contribution is -2.46. The maximum atomic E-state index is 12.7. The summed E-state index contributed by atoms with van der Waals surface area (Å²) in [7, 11) is 3.29. The average molecular weight is 341 g/mol. The number of carbonyl (C=O) groups excluding carboxylic acids is 1. The van der Waals surface area contributed by atoms with Gasteiger partial charge in [-0.3, -0.25) is 4.79 Å². The van der Waals surface area contributed by atoms with Gasteiger partial charge in [0.05, 0.1) is 25.9 Å². The molecule has 6 heteroatoms. The van der Waals surface area contributed by atoms with E-state index in [9.17, 15) is 4.79 Å². The summed E-state index contributed by atoms with van der Waals surface area (Å²) >= 11 is 0. The van der Waals surface area contributed by atoms with Crippen LogP contribution in [0.15, 0.2) is 42.6 Å². The number of rotatable bonds is 5. The highest BCUT2D eigenvalue weighted by molar-refractivity contribution is 5.96. The molecule has 25 heavy (non-hydrogen) atoms. The fourth-order valence-electron chi connectivity index (χ4n) is 3.08. The molecule has 1 aromatic carbocycles. The number of hydrogen-bond donors (Lipinski definition) is 0. The van der Waals surface area contributed by atoms with Gasteiger partial charge >= 0.3 is 0 Å². The Morgan fingerprint density at radius 1 is 1.36 bits per heavy atom. The van der Waals surface area contributed by atoms with Gasteiger partial charge in [-0.15, -0.1) is 0 Å². The van der Waals surface area contributed by atoms with E-state index in [1.165, 1.54) is 7.11 Å². The highest BCUT2D eigenvalue weighted by Crippen LogP contribution is 2.33. The summed E-state index contributed by atoms with van der Waals surface area (Å²) in [6.45, 7) is 4.25. The summed E-state index contributed by atoms with van der Waals surface area (Å²) in [5.41, 5.74) is 1.56. The zero-order valence-electron chi connectivity index (χ0n) is 14.8. The normalized spacial score (nSPS) is 16.0. The van der Waals surface area contributed by atoms with Crippen LogP contribution in [0, 0.1) is 0 Å². The van der Waals surface area contributed by atoms with Crippen molar-refractivity contribution in [3.05, 3.63) is 48.2 Å². The number of amides is 1. The molecule has 0 saturated carbocycles. The lowest BCUT2D eigenvalue weighted by Gasteiger charge is -2.37. The summed E-state index contributed by atoms with van der Waals surface area (Å²) in [5.74, 6) is 1.07. The molecular weight excluding hydrogens is 318 g/mol. The van der Waals surface area contributed by atoms with E-state index >= 15 is 0 Å². The molecule has 1 aliphatic heterocycles. The molecule has 3 rings (SSSR count). The summed E-state index contributed by atoms with van der Waals surface area (Å²) < 4.78 is 11.3. The van der Waals surface area contributed by atoms with E-state index in [4.69, 9.17) is 9.47 Å². The van der Waals surface area contributed by atoms with Crippen molar-refractivity contribution < 1.29 is 14.3 Å². The number of anilines is 1. The van der Waals surface area contributed by atoms with Gasteiger partial charge in [0, 0.05) is 19.8 Å². The van der Waals surface area contributed by atoms with Crippen LogP contribution in [0.3, 0.4) is 0 Å². The molecule has 0 radical (unpaired) electrons. The second kappa shape index (κ2) is 7.42. The van der Waals surface area contributed by atoms with Crippen molar-refractivity contribution in [1.82, 2.24) is 9.88 Å². The molecule has 132 valence electrons. The molecular formula is C19H23N3O3. The van der Waals surface area contributed by atoms with Crippen molar-refractivity contribution in [3.63, 3.8) is 0 Å². The van der Waals surface area contributed by atoms with Gasteiger partial charge in [0.2, 0.25) is 5.88 Å². The van der Waals surface area contributed by atoms with Crippen LogP contribution in [-0.2, 0) is 0 Å². The van der Waals surface area contributed by atoms with E-state index in [0.29, 0.717) is 18.0 Å². The summed E-state index contributed by atoms with van der Waals surface area (Å²) in [4.78, 5) is 20.8. The van der Waals surface area contributed by atoms with E-state index in [0.717, 1.165) is 24.5 Å². The first-order chi connectivity index (χ1) is 12.1. The minimum absolute atomic E-state index is 0.0912. The van der Waals surface area contributed by atoms with Crippen molar-refractivity contribution in [3.8, 4) is 11.6 Å². The van der Waals surface area contributed by atoms with E-state index in [1.54, 1.807) is 30.3 Å². The van der Waals surface area contributed by atoms with Crippen LogP contribution in [-0.4, -0.2) is 55.7 Å². The maximum absolute atomic E-state index is 12.7. The number of methoxy groups -OCH3 is 1. The number of likely N-dealkylation sites (N-methyl/N-ethyl adjacent to an activating group) is 2. The van der Waals surface area contributed by atoms with Gasteiger partial charge in [-0.2, -0.15) is 0 Å². The first-order valence-electron chi connectivity index (χ1n) is 8.39. The molecule has 1 amide bonds. The number of para-hydroxylation sites is 2. The van der Waals surface area contributed by atoms with Crippen molar-refractivity contribution >= 4 is 11.6 Å². The summed E-state index contributed by atoms with van der Waals surface area (Å²) in [6.07, 6.45) is 1.52. The predicted molar refractivity (Wildman–Crippen MR) is 96.5 cm³/mol. The summed E-state index contributed by atoms with van der Waals surface area (Å²) in [6, 6.07) is 11.5. The highest BCUT2D eigenvalue weighted by Gasteiger charge is 2.27. The number of carbonyl (C=O) groups is 1. The zero-order chi connectivity index (χ0) is 17.8. The molecule has 6 nitrogen and oxygen atoms in total. The van der Waals surface area contributed by atoms with Gasteiger partial charge in [0.15, 0.2) is 0 Å². The molecule has 0 unspecified atom stereocenters. The number of ether oxygens (including phenoxy) is 2. The standard InChI is InChI=1S/C19H23N3O3/c1-4-22-13-14(25-17-10-6-5-9-16(17)22)12-21(2)19(23)15-8-7-11-20-18(15)24-3/h5-11,14H,4,12-13H2,1-3H3/t14-/m0/s1. The lowest BCUT2D eigenvalue weighted by molar-refractivity contribution is 0.0705. The second-order valence-corrected chi connectivity index (χ2v) is 5.99. The van der Waals surface area contributed by atoms with E-state index in [2.05, 4.69) is 22.9 Å². The third kappa shape index (κ3) is 3.52.